The van der Waals surface area contributed by atoms with Crippen LogP contribution in [0.3, 0.4) is 0 Å². The first-order chi connectivity index (χ1) is 2.91. The SMILES string of the molecule is C=[O+]/C=N/N=[N-]. The standard InChI is InChI=1S/C2H3N3O/c1-6-2-4-5-3/h2H,1H2/b4-2+. The Labute approximate surface area is 34.7 Å². The van der Waals surface area contributed by atoms with Crippen LogP contribution >= 0.6 is 0 Å². The van der Waals surface area contributed by atoms with Crippen molar-refractivity contribution >= 4 is 13.2 Å². The Morgan fingerprint density at radius 3 is 2.67 bits per heavy atom. The van der Waals surface area contributed by atoms with E-state index in [1.165, 1.54) is 0 Å². The molecule has 0 spiro atoms. The first kappa shape index (κ1) is 4.94. The predicted molar refractivity (Wildman–Crippen MR) is 21.4 cm³/mol. The van der Waals surface area contributed by atoms with Crippen molar-refractivity contribution in [3.63, 3.8) is 0 Å². The molecule has 0 aromatic heterocycles. The normalized spacial score (nSPS) is 8.67. The van der Waals surface area contributed by atoms with E-state index in [-0.39, 0.29) is 0 Å². The van der Waals surface area contributed by atoms with E-state index in [1.54, 1.807) is 0 Å². The van der Waals surface area contributed by atoms with Crippen LogP contribution in [0.25, 0.3) is 5.53 Å². The second-order valence-corrected chi connectivity index (χ2v) is 0.477. The van der Waals surface area contributed by atoms with Crippen LogP contribution in [-0.2, 0) is 4.42 Å². The molecule has 0 amide bonds. The lowest BCUT2D eigenvalue weighted by atomic mass is 11.5. The fourth-order valence-corrected chi connectivity index (χ4v) is 0.0544. The van der Waals surface area contributed by atoms with Crippen LogP contribution in [0.4, 0.5) is 0 Å². The van der Waals surface area contributed by atoms with Crippen LogP contribution in [0.2, 0.25) is 0 Å². The van der Waals surface area contributed by atoms with E-state index in [9.17, 15) is 0 Å². The molecule has 4 nitrogen and oxygen atoms in total. The molecule has 0 aromatic carbocycles. The van der Waals surface area contributed by atoms with Gasteiger partial charge >= 0.3 is 6.40 Å². The van der Waals surface area contributed by atoms with Crippen LogP contribution in [0, 0.1) is 0 Å². The van der Waals surface area contributed by atoms with Crippen molar-refractivity contribution in [1.82, 2.24) is 0 Å². The Hall–Kier alpha value is -1.06. The van der Waals surface area contributed by atoms with Gasteiger partial charge in [0.2, 0.25) is 0 Å². The van der Waals surface area contributed by atoms with Crippen LogP contribution < -0.4 is 0 Å². The molecule has 0 unspecified atom stereocenters. The van der Waals surface area contributed by atoms with Gasteiger partial charge in [-0.25, -0.2) is 4.42 Å². The van der Waals surface area contributed by atoms with E-state index in [0.717, 1.165) is 6.40 Å². The molecule has 0 atom stereocenters. The lowest BCUT2D eigenvalue weighted by Gasteiger charge is -1.67. The van der Waals surface area contributed by atoms with E-state index in [0.29, 0.717) is 0 Å². The molecule has 6 heavy (non-hydrogen) atoms. The minimum atomic E-state index is 0.903. The molecule has 0 bridgehead atoms. The molecule has 0 saturated heterocycles. The second kappa shape index (κ2) is 3.94. The number of carbonyl (C=O) groups excluding carboxylic acids is 1. The summed E-state index contributed by atoms with van der Waals surface area (Å²) in [5, 5.41) is 5.19. The Morgan fingerprint density at radius 1 is 1.83 bits per heavy atom. The average molecular weight is 85.1 g/mol. The van der Waals surface area contributed by atoms with E-state index in [4.69, 9.17) is 5.53 Å². The Balaban J connectivity index is 3.17. The van der Waals surface area contributed by atoms with Crippen molar-refractivity contribution in [2.75, 3.05) is 0 Å². The second-order valence-electron chi connectivity index (χ2n) is 0.477. The molecule has 0 N–H and O–H groups in total. The molecule has 0 heterocycles. The summed E-state index contributed by atoms with van der Waals surface area (Å²) >= 11 is 0. The van der Waals surface area contributed by atoms with Gasteiger partial charge in [0.15, 0.2) is 0 Å². The highest BCUT2D eigenvalue weighted by Crippen LogP contribution is 1.59. The molecular weight excluding hydrogens is 82.0 g/mol. The van der Waals surface area contributed by atoms with E-state index >= 15 is 0 Å². The van der Waals surface area contributed by atoms with Gasteiger partial charge in [0.1, 0.15) is 0 Å². The molecular formula is C2H3N3O. The molecule has 0 rings (SSSR count). The number of nitrogens with zero attached hydrogens (tertiary/aromatic N) is 3. The molecule has 0 aliphatic carbocycles. The fourth-order valence-electron chi connectivity index (χ4n) is 0.0544. The average Bonchev–Trinajstić information content (AvgIpc) is 1.61. The third-order valence-electron chi connectivity index (χ3n) is 0.173. The Morgan fingerprint density at radius 2 is 2.50 bits per heavy atom. The maximum atomic E-state index is 7.52. The van der Waals surface area contributed by atoms with Crippen molar-refractivity contribution in [3.8, 4) is 0 Å². The summed E-state index contributed by atoms with van der Waals surface area (Å²) in [6.45, 7) is 2.90. The lowest BCUT2D eigenvalue weighted by Crippen LogP contribution is -1.62. The fraction of sp³-hybridized carbons (Fsp3) is 0. The molecule has 0 fully saturated rings. The first-order valence-corrected chi connectivity index (χ1v) is 1.18. The smallest absolute Gasteiger partial charge is 0.333 e. The van der Waals surface area contributed by atoms with Gasteiger partial charge in [-0.1, -0.05) is 0 Å². The quantitative estimate of drug-likeness (QED) is 0.152. The molecule has 0 aromatic rings. The topological polar surface area (TPSA) is 58.3 Å². The number of hydrogen-bond donors (Lipinski definition) is 0. The van der Waals surface area contributed by atoms with Gasteiger partial charge in [-0.15, -0.1) is 0 Å². The molecule has 32 valence electrons. The first-order valence-electron chi connectivity index (χ1n) is 1.18. The zero-order valence-corrected chi connectivity index (χ0v) is 3.03. The maximum Gasteiger partial charge on any atom is 0.333 e. The van der Waals surface area contributed by atoms with E-state index in [1.807, 2.05) is 0 Å². The zero-order chi connectivity index (χ0) is 4.83. The van der Waals surface area contributed by atoms with Crippen molar-refractivity contribution < 1.29 is 4.42 Å². The van der Waals surface area contributed by atoms with Crippen molar-refractivity contribution in [1.29, 1.82) is 0 Å². The van der Waals surface area contributed by atoms with Crippen molar-refractivity contribution in [2.24, 2.45) is 10.3 Å². The van der Waals surface area contributed by atoms with E-state index in [2.05, 4.69) is 21.5 Å². The third-order valence-corrected chi connectivity index (χ3v) is 0.173. The van der Waals surface area contributed by atoms with Crippen molar-refractivity contribution in [2.45, 2.75) is 0 Å². The minimum absolute atomic E-state index is 0.903. The molecule has 4 heteroatoms. The minimum Gasteiger partial charge on any atom is -0.361 e. The van der Waals surface area contributed by atoms with Gasteiger partial charge in [0.25, 0.3) is 6.79 Å². The predicted octanol–water partition coefficient (Wildman–Crippen LogP) is 0.316. The Kier molecular flexibility index (Phi) is 3.24. The van der Waals surface area contributed by atoms with Gasteiger partial charge in [-0.05, 0) is 0 Å². The summed E-state index contributed by atoms with van der Waals surface area (Å²) in [4.78, 5) is 0. The van der Waals surface area contributed by atoms with Gasteiger partial charge in [-0.2, -0.15) is 0 Å². The van der Waals surface area contributed by atoms with Crippen LogP contribution in [0.5, 0.6) is 0 Å². The highest BCUT2D eigenvalue weighted by molar-refractivity contribution is 5.43. The highest BCUT2D eigenvalue weighted by atomic mass is 16.4. The highest BCUT2D eigenvalue weighted by Gasteiger charge is 1.52. The van der Waals surface area contributed by atoms with Crippen LogP contribution in [-0.4, -0.2) is 13.2 Å². The summed E-state index contributed by atoms with van der Waals surface area (Å²) in [6.07, 6.45) is 0.903. The van der Waals surface area contributed by atoms with Crippen LogP contribution in [0.1, 0.15) is 0 Å². The molecule has 0 saturated carbocycles. The maximum absolute atomic E-state index is 7.52. The van der Waals surface area contributed by atoms with Crippen molar-refractivity contribution in [3.05, 3.63) is 5.53 Å². The summed E-state index contributed by atoms with van der Waals surface area (Å²) in [6, 6.07) is 0. The van der Waals surface area contributed by atoms with E-state index < -0.39 is 0 Å². The molecule has 0 aliphatic heterocycles. The largest absolute Gasteiger partial charge is 0.361 e. The summed E-state index contributed by atoms with van der Waals surface area (Å²) in [5.74, 6) is 0. The summed E-state index contributed by atoms with van der Waals surface area (Å²) < 4.78 is 3.99. The van der Waals surface area contributed by atoms with Gasteiger partial charge in [0, 0.05) is 0 Å². The number of rotatable bonds is 2. The summed E-state index contributed by atoms with van der Waals surface area (Å²) in [5.41, 5.74) is 7.52. The summed E-state index contributed by atoms with van der Waals surface area (Å²) in [7, 11) is 0. The van der Waals surface area contributed by atoms with Gasteiger partial charge in [0.05, 0.1) is 0 Å². The lowest BCUT2D eigenvalue weighted by molar-refractivity contribution is -0.291. The van der Waals surface area contributed by atoms with Gasteiger partial charge < -0.3 is 5.53 Å². The zero-order valence-electron chi connectivity index (χ0n) is 3.03. The number of hydrogen-bond acceptors (Lipinski definition) is 1. The third kappa shape index (κ3) is 2.94. The monoisotopic (exact) mass is 85.0 g/mol. The molecule has 0 aliphatic rings. The van der Waals surface area contributed by atoms with Crippen LogP contribution in [0.15, 0.2) is 10.3 Å². The Bertz CT molecular complexity index is 66.9. The molecule has 0 radical (unpaired) electrons. The van der Waals surface area contributed by atoms with Gasteiger partial charge in [-0.3, -0.25) is 10.3 Å².